The van der Waals surface area contributed by atoms with E-state index in [0.29, 0.717) is 6.54 Å². The molecule has 1 rings (SSSR count). The first-order chi connectivity index (χ1) is 8.52. The number of nitriles is 1. The first-order valence-corrected chi connectivity index (χ1v) is 8.17. The van der Waals surface area contributed by atoms with Gasteiger partial charge in [-0.2, -0.15) is 17.0 Å². The molecule has 0 spiro atoms. The zero-order valence-corrected chi connectivity index (χ0v) is 12.0. The molecule has 0 N–H and O–H groups in total. The maximum atomic E-state index is 12.1. The summed E-state index contributed by atoms with van der Waals surface area (Å²) in [4.78, 5) is 3.89. The molecular formula is C11H15N3O2S2. The van der Waals surface area contributed by atoms with Gasteiger partial charge in [0.2, 0.25) is 10.0 Å². The second-order valence-corrected chi connectivity index (χ2v) is 6.69. The first kappa shape index (κ1) is 15.0. The van der Waals surface area contributed by atoms with Crippen LogP contribution < -0.4 is 0 Å². The van der Waals surface area contributed by atoms with Crippen molar-refractivity contribution in [3.63, 3.8) is 0 Å². The van der Waals surface area contributed by atoms with Crippen molar-refractivity contribution in [2.45, 2.75) is 11.3 Å². The van der Waals surface area contributed by atoms with E-state index in [4.69, 9.17) is 5.26 Å². The largest absolute Gasteiger partial charge is 0.244 e. The third-order valence-electron chi connectivity index (χ3n) is 2.38. The summed E-state index contributed by atoms with van der Waals surface area (Å²) in [6.07, 6.45) is 4.01. The quantitative estimate of drug-likeness (QED) is 0.737. The van der Waals surface area contributed by atoms with Gasteiger partial charge in [0, 0.05) is 19.8 Å². The Bertz CT molecular complexity index is 520. The van der Waals surface area contributed by atoms with E-state index in [1.807, 2.05) is 12.3 Å². The normalized spacial score (nSPS) is 11.4. The van der Waals surface area contributed by atoms with E-state index in [2.05, 4.69) is 4.98 Å². The number of pyridine rings is 1. The van der Waals surface area contributed by atoms with Crippen molar-refractivity contribution in [2.24, 2.45) is 0 Å². The fourth-order valence-electron chi connectivity index (χ4n) is 1.33. The highest BCUT2D eigenvalue weighted by Gasteiger charge is 2.20. The van der Waals surface area contributed by atoms with Crippen LogP contribution in [-0.2, 0) is 10.0 Å². The number of hydrogen-bond acceptors (Lipinski definition) is 5. The number of aromatic nitrogens is 1. The highest BCUT2D eigenvalue weighted by molar-refractivity contribution is 7.98. The summed E-state index contributed by atoms with van der Waals surface area (Å²) >= 11 is 1.69. The second kappa shape index (κ2) is 6.73. The SMILES string of the molecule is CSCCCN(C)S(=O)(=O)c1ccc(C#N)nc1. The molecule has 0 aromatic carbocycles. The van der Waals surface area contributed by atoms with Gasteiger partial charge in [0.05, 0.1) is 0 Å². The summed E-state index contributed by atoms with van der Waals surface area (Å²) in [5, 5.41) is 8.61. The lowest BCUT2D eigenvalue weighted by molar-refractivity contribution is 0.469. The molecule has 0 unspecified atom stereocenters. The molecular weight excluding hydrogens is 270 g/mol. The lowest BCUT2D eigenvalue weighted by Crippen LogP contribution is -2.28. The van der Waals surface area contributed by atoms with Gasteiger partial charge in [-0.1, -0.05) is 0 Å². The van der Waals surface area contributed by atoms with Crippen LogP contribution in [0.2, 0.25) is 0 Å². The number of hydrogen-bond donors (Lipinski definition) is 0. The van der Waals surface area contributed by atoms with Gasteiger partial charge in [0.15, 0.2) is 0 Å². The summed E-state index contributed by atoms with van der Waals surface area (Å²) in [7, 11) is -1.94. The zero-order chi connectivity index (χ0) is 13.6. The van der Waals surface area contributed by atoms with Crippen molar-refractivity contribution in [3.05, 3.63) is 24.0 Å². The molecule has 0 aliphatic rings. The van der Waals surface area contributed by atoms with Crippen LogP contribution in [0.3, 0.4) is 0 Å². The Morgan fingerprint density at radius 3 is 2.72 bits per heavy atom. The molecule has 7 heteroatoms. The monoisotopic (exact) mass is 285 g/mol. The molecule has 1 aromatic heterocycles. The van der Waals surface area contributed by atoms with Crippen molar-refractivity contribution in [2.75, 3.05) is 25.6 Å². The molecule has 0 bridgehead atoms. The predicted molar refractivity (Wildman–Crippen MR) is 71.8 cm³/mol. The Morgan fingerprint density at radius 2 is 2.22 bits per heavy atom. The molecule has 0 atom stereocenters. The van der Waals surface area contributed by atoms with Crippen LogP contribution in [0.1, 0.15) is 12.1 Å². The molecule has 0 aliphatic carbocycles. The molecule has 0 radical (unpaired) electrons. The summed E-state index contributed by atoms with van der Waals surface area (Å²) in [5.74, 6) is 0.922. The highest BCUT2D eigenvalue weighted by atomic mass is 32.2. The highest BCUT2D eigenvalue weighted by Crippen LogP contribution is 2.14. The minimum atomic E-state index is -3.49. The zero-order valence-electron chi connectivity index (χ0n) is 10.3. The Hall–Kier alpha value is -1.10. The lowest BCUT2D eigenvalue weighted by Gasteiger charge is -2.16. The topological polar surface area (TPSA) is 74.1 Å². The lowest BCUT2D eigenvalue weighted by atomic mass is 10.4. The standard InChI is InChI=1S/C11H15N3O2S2/c1-14(6-3-7-17-2)18(15,16)11-5-4-10(8-12)13-9-11/h4-5,9H,3,6-7H2,1-2H3. The van der Waals surface area contributed by atoms with E-state index in [9.17, 15) is 8.42 Å². The van der Waals surface area contributed by atoms with Crippen LogP contribution in [0.25, 0.3) is 0 Å². The maximum Gasteiger partial charge on any atom is 0.244 e. The predicted octanol–water partition coefficient (Wildman–Crippen LogP) is 1.33. The molecule has 0 aliphatic heterocycles. The maximum absolute atomic E-state index is 12.1. The van der Waals surface area contributed by atoms with Gasteiger partial charge in [-0.25, -0.2) is 17.7 Å². The van der Waals surface area contributed by atoms with Crippen LogP contribution >= 0.6 is 11.8 Å². The number of nitrogens with zero attached hydrogens (tertiary/aromatic N) is 3. The van der Waals surface area contributed by atoms with E-state index in [1.165, 1.54) is 22.6 Å². The molecule has 1 heterocycles. The Morgan fingerprint density at radius 1 is 1.50 bits per heavy atom. The van der Waals surface area contributed by atoms with Crippen molar-refractivity contribution < 1.29 is 8.42 Å². The van der Waals surface area contributed by atoms with Gasteiger partial charge in [-0.15, -0.1) is 0 Å². The van der Waals surface area contributed by atoms with Gasteiger partial charge in [0.1, 0.15) is 16.7 Å². The molecule has 0 fully saturated rings. The summed E-state index contributed by atoms with van der Waals surface area (Å²) < 4.78 is 25.6. The minimum Gasteiger partial charge on any atom is -0.244 e. The van der Waals surface area contributed by atoms with E-state index in [1.54, 1.807) is 18.8 Å². The van der Waals surface area contributed by atoms with Crippen molar-refractivity contribution >= 4 is 21.8 Å². The van der Waals surface area contributed by atoms with Gasteiger partial charge in [0.25, 0.3) is 0 Å². The van der Waals surface area contributed by atoms with E-state index < -0.39 is 10.0 Å². The van der Waals surface area contributed by atoms with Crippen molar-refractivity contribution in [1.82, 2.24) is 9.29 Å². The number of rotatable bonds is 6. The second-order valence-electron chi connectivity index (χ2n) is 3.66. The Kier molecular flexibility index (Phi) is 5.59. The molecule has 5 nitrogen and oxygen atoms in total. The van der Waals surface area contributed by atoms with E-state index in [-0.39, 0.29) is 10.6 Å². The van der Waals surface area contributed by atoms with Gasteiger partial charge in [-0.3, -0.25) is 0 Å². The summed E-state index contributed by atoms with van der Waals surface area (Å²) in [6.45, 7) is 0.475. The van der Waals surface area contributed by atoms with Crippen molar-refractivity contribution in [1.29, 1.82) is 5.26 Å². The smallest absolute Gasteiger partial charge is 0.244 e. The Labute approximate surface area is 112 Å². The summed E-state index contributed by atoms with van der Waals surface area (Å²) in [6, 6.07) is 4.67. The average molecular weight is 285 g/mol. The molecule has 98 valence electrons. The third-order valence-corrected chi connectivity index (χ3v) is 4.92. The van der Waals surface area contributed by atoms with Crippen LogP contribution in [0.5, 0.6) is 0 Å². The molecule has 0 amide bonds. The average Bonchev–Trinajstić information content (AvgIpc) is 2.39. The van der Waals surface area contributed by atoms with Crippen molar-refractivity contribution in [3.8, 4) is 6.07 Å². The first-order valence-electron chi connectivity index (χ1n) is 5.34. The molecule has 18 heavy (non-hydrogen) atoms. The van der Waals surface area contributed by atoms with Crippen LogP contribution in [0, 0.1) is 11.3 Å². The fraction of sp³-hybridized carbons (Fsp3) is 0.455. The van der Waals surface area contributed by atoms with Crippen LogP contribution in [0.15, 0.2) is 23.2 Å². The summed E-state index contributed by atoms with van der Waals surface area (Å²) in [5.41, 5.74) is 0.207. The van der Waals surface area contributed by atoms with Gasteiger partial charge < -0.3 is 0 Å². The van der Waals surface area contributed by atoms with Gasteiger partial charge >= 0.3 is 0 Å². The fourth-order valence-corrected chi connectivity index (χ4v) is 2.90. The third kappa shape index (κ3) is 3.70. The molecule has 0 saturated carbocycles. The van der Waals surface area contributed by atoms with E-state index >= 15 is 0 Å². The minimum absolute atomic E-state index is 0.119. The number of sulfonamides is 1. The molecule has 0 saturated heterocycles. The Balaban J connectivity index is 2.81. The van der Waals surface area contributed by atoms with Crippen LogP contribution in [-0.4, -0.2) is 43.3 Å². The van der Waals surface area contributed by atoms with Crippen LogP contribution in [0.4, 0.5) is 0 Å². The van der Waals surface area contributed by atoms with E-state index in [0.717, 1.165) is 12.2 Å². The molecule has 1 aromatic rings. The van der Waals surface area contributed by atoms with Gasteiger partial charge in [-0.05, 0) is 30.6 Å². The number of thioether (sulfide) groups is 1.